The Balaban J connectivity index is 2.00. The second kappa shape index (κ2) is 9.32. The molecule has 0 bridgehead atoms. The zero-order valence-corrected chi connectivity index (χ0v) is 17.8. The number of hydrogen-bond acceptors (Lipinski definition) is 7. The van der Waals surface area contributed by atoms with Crippen LogP contribution in [0.4, 0.5) is 5.00 Å². The predicted octanol–water partition coefficient (Wildman–Crippen LogP) is 4.48. The first kappa shape index (κ1) is 21.2. The lowest BCUT2D eigenvalue weighted by Gasteiger charge is -2.14. The van der Waals surface area contributed by atoms with Crippen molar-refractivity contribution >= 4 is 28.2 Å². The van der Waals surface area contributed by atoms with Crippen LogP contribution in [0.3, 0.4) is 0 Å². The van der Waals surface area contributed by atoms with Gasteiger partial charge in [-0.05, 0) is 17.7 Å². The molecule has 1 heterocycles. The molecule has 3 aromatic rings. The van der Waals surface area contributed by atoms with Crippen molar-refractivity contribution in [3.8, 4) is 28.4 Å². The summed E-state index contributed by atoms with van der Waals surface area (Å²) in [5.74, 6) is 0.128. The number of thiophene rings is 1. The van der Waals surface area contributed by atoms with Crippen molar-refractivity contribution in [3.05, 3.63) is 59.0 Å². The summed E-state index contributed by atoms with van der Waals surface area (Å²) in [7, 11) is 5.73. The van der Waals surface area contributed by atoms with E-state index in [9.17, 15) is 9.59 Å². The molecule has 0 aliphatic heterocycles. The highest BCUT2D eigenvalue weighted by molar-refractivity contribution is 7.15. The number of hydrogen-bond donors (Lipinski definition) is 1. The fourth-order valence-corrected chi connectivity index (χ4v) is 3.92. The Labute approximate surface area is 178 Å². The van der Waals surface area contributed by atoms with Crippen LogP contribution in [0.1, 0.15) is 20.7 Å². The van der Waals surface area contributed by atoms with Gasteiger partial charge in [0.25, 0.3) is 5.91 Å². The highest BCUT2D eigenvalue weighted by Crippen LogP contribution is 2.39. The van der Waals surface area contributed by atoms with Crippen molar-refractivity contribution in [1.29, 1.82) is 0 Å². The Bertz CT molecular complexity index is 1040. The van der Waals surface area contributed by atoms with E-state index in [-0.39, 0.29) is 5.56 Å². The largest absolute Gasteiger partial charge is 0.493 e. The molecular formula is C22H21NO6S. The number of methoxy groups -OCH3 is 4. The third-order valence-electron chi connectivity index (χ3n) is 4.42. The Kier molecular flexibility index (Phi) is 6.58. The molecule has 0 fully saturated rings. The Morgan fingerprint density at radius 1 is 0.900 bits per heavy atom. The summed E-state index contributed by atoms with van der Waals surface area (Å²) < 4.78 is 20.8. The second-order valence-electron chi connectivity index (χ2n) is 6.08. The maximum Gasteiger partial charge on any atom is 0.341 e. The SMILES string of the molecule is COC(=O)c1c(-c2ccccc2)csc1NC(=O)c1cc(OC)c(OC)c(OC)c1. The van der Waals surface area contributed by atoms with Gasteiger partial charge >= 0.3 is 5.97 Å². The van der Waals surface area contributed by atoms with Crippen molar-refractivity contribution in [2.45, 2.75) is 0 Å². The number of amides is 1. The first-order valence-electron chi connectivity index (χ1n) is 8.90. The Hall–Kier alpha value is -3.52. The average molecular weight is 427 g/mol. The van der Waals surface area contributed by atoms with Crippen molar-refractivity contribution in [2.24, 2.45) is 0 Å². The van der Waals surface area contributed by atoms with Crippen LogP contribution >= 0.6 is 11.3 Å². The lowest BCUT2D eigenvalue weighted by molar-refractivity contribution is 0.0603. The van der Waals surface area contributed by atoms with Crippen LogP contribution in [0.25, 0.3) is 11.1 Å². The standard InChI is InChI=1S/C22H21NO6S/c1-26-16-10-14(11-17(27-2)19(16)28-3)20(24)23-21-18(22(25)29-4)15(12-30-21)13-8-6-5-7-9-13/h5-12H,1-4H3,(H,23,24). The molecule has 1 N–H and O–H groups in total. The molecule has 7 nitrogen and oxygen atoms in total. The molecule has 0 unspecified atom stereocenters. The molecule has 0 saturated heterocycles. The van der Waals surface area contributed by atoms with Gasteiger partial charge in [-0.3, -0.25) is 4.79 Å². The summed E-state index contributed by atoms with van der Waals surface area (Å²) >= 11 is 1.25. The van der Waals surface area contributed by atoms with Gasteiger partial charge in [0.15, 0.2) is 11.5 Å². The number of benzene rings is 2. The van der Waals surface area contributed by atoms with Gasteiger partial charge < -0.3 is 24.3 Å². The minimum atomic E-state index is -0.532. The number of rotatable bonds is 7. The van der Waals surface area contributed by atoms with Gasteiger partial charge in [-0.1, -0.05) is 30.3 Å². The van der Waals surface area contributed by atoms with Gasteiger partial charge in [0.1, 0.15) is 10.6 Å². The fraction of sp³-hybridized carbons (Fsp3) is 0.182. The molecule has 30 heavy (non-hydrogen) atoms. The van der Waals surface area contributed by atoms with E-state index in [4.69, 9.17) is 18.9 Å². The minimum absolute atomic E-state index is 0.287. The lowest BCUT2D eigenvalue weighted by Crippen LogP contribution is -2.14. The van der Waals surface area contributed by atoms with Crippen LogP contribution in [-0.2, 0) is 4.74 Å². The summed E-state index contributed by atoms with van der Waals surface area (Å²) in [6, 6.07) is 12.5. The number of nitrogens with one attached hydrogen (secondary N) is 1. The topological polar surface area (TPSA) is 83.1 Å². The van der Waals surface area contributed by atoms with E-state index in [0.29, 0.717) is 33.4 Å². The van der Waals surface area contributed by atoms with Gasteiger partial charge in [0, 0.05) is 16.5 Å². The third kappa shape index (κ3) is 4.08. The molecule has 0 aliphatic rings. The van der Waals surface area contributed by atoms with Crippen LogP contribution < -0.4 is 19.5 Å². The summed E-state index contributed by atoms with van der Waals surface area (Å²) in [6.45, 7) is 0. The summed E-state index contributed by atoms with van der Waals surface area (Å²) in [5.41, 5.74) is 2.12. The van der Waals surface area contributed by atoms with E-state index in [1.54, 1.807) is 12.1 Å². The average Bonchev–Trinajstić information content (AvgIpc) is 3.21. The molecule has 1 amide bonds. The summed E-state index contributed by atoms with van der Waals surface area (Å²) in [5, 5.41) is 5.00. The maximum atomic E-state index is 13.0. The number of carbonyl (C=O) groups excluding carboxylic acids is 2. The van der Waals surface area contributed by atoms with Crippen LogP contribution in [-0.4, -0.2) is 40.3 Å². The monoisotopic (exact) mass is 427 g/mol. The first-order chi connectivity index (χ1) is 14.5. The van der Waals surface area contributed by atoms with E-state index in [0.717, 1.165) is 5.56 Å². The molecule has 3 rings (SSSR count). The van der Waals surface area contributed by atoms with Crippen LogP contribution in [0.5, 0.6) is 17.2 Å². The minimum Gasteiger partial charge on any atom is -0.493 e. The van der Waals surface area contributed by atoms with Gasteiger partial charge in [-0.2, -0.15) is 0 Å². The number of carbonyl (C=O) groups is 2. The van der Waals surface area contributed by atoms with E-state index in [2.05, 4.69) is 5.32 Å². The van der Waals surface area contributed by atoms with Crippen molar-refractivity contribution in [3.63, 3.8) is 0 Å². The highest BCUT2D eigenvalue weighted by Gasteiger charge is 2.24. The van der Waals surface area contributed by atoms with E-state index < -0.39 is 11.9 Å². The highest BCUT2D eigenvalue weighted by atomic mass is 32.1. The lowest BCUT2D eigenvalue weighted by atomic mass is 10.0. The molecule has 1 aromatic heterocycles. The fourth-order valence-electron chi connectivity index (χ4n) is 2.97. The summed E-state index contributed by atoms with van der Waals surface area (Å²) in [6.07, 6.45) is 0. The van der Waals surface area contributed by atoms with Crippen LogP contribution in [0.15, 0.2) is 47.8 Å². The number of anilines is 1. The van der Waals surface area contributed by atoms with Gasteiger partial charge in [0.05, 0.1) is 28.4 Å². The van der Waals surface area contributed by atoms with E-state index in [1.165, 1.54) is 39.8 Å². The molecular weight excluding hydrogens is 406 g/mol. The van der Waals surface area contributed by atoms with E-state index in [1.807, 2.05) is 35.7 Å². The normalized spacial score (nSPS) is 10.3. The molecule has 0 spiro atoms. The Morgan fingerprint density at radius 2 is 1.53 bits per heavy atom. The zero-order chi connectivity index (χ0) is 21.7. The van der Waals surface area contributed by atoms with Gasteiger partial charge in [-0.15, -0.1) is 11.3 Å². The molecule has 2 aromatic carbocycles. The quantitative estimate of drug-likeness (QED) is 0.560. The molecule has 8 heteroatoms. The van der Waals surface area contributed by atoms with Gasteiger partial charge in [-0.25, -0.2) is 4.79 Å². The second-order valence-corrected chi connectivity index (χ2v) is 6.96. The maximum absolute atomic E-state index is 13.0. The number of ether oxygens (including phenoxy) is 4. The van der Waals surface area contributed by atoms with Crippen molar-refractivity contribution in [2.75, 3.05) is 33.8 Å². The molecule has 0 atom stereocenters. The van der Waals surface area contributed by atoms with Crippen molar-refractivity contribution < 1.29 is 28.5 Å². The van der Waals surface area contributed by atoms with E-state index >= 15 is 0 Å². The smallest absolute Gasteiger partial charge is 0.341 e. The van der Waals surface area contributed by atoms with Gasteiger partial charge in [0.2, 0.25) is 5.75 Å². The number of esters is 1. The zero-order valence-electron chi connectivity index (χ0n) is 17.0. The molecule has 0 radical (unpaired) electrons. The first-order valence-corrected chi connectivity index (χ1v) is 9.78. The molecule has 156 valence electrons. The predicted molar refractivity (Wildman–Crippen MR) is 115 cm³/mol. The van der Waals surface area contributed by atoms with Crippen molar-refractivity contribution in [1.82, 2.24) is 0 Å². The Morgan fingerprint density at radius 3 is 2.07 bits per heavy atom. The van der Waals surface area contributed by atoms with Crippen LogP contribution in [0, 0.1) is 0 Å². The molecule has 0 aliphatic carbocycles. The van der Waals surface area contributed by atoms with Crippen LogP contribution in [0.2, 0.25) is 0 Å². The molecule has 0 saturated carbocycles. The summed E-state index contributed by atoms with van der Waals surface area (Å²) in [4.78, 5) is 25.4. The third-order valence-corrected chi connectivity index (χ3v) is 5.31.